The molecule has 1 aliphatic heterocycles. The highest BCUT2D eigenvalue weighted by Crippen LogP contribution is 2.31. The Balaban J connectivity index is 2.26. The summed E-state index contributed by atoms with van der Waals surface area (Å²) in [5.74, 6) is 0. The zero-order valence-corrected chi connectivity index (χ0v) is 14.1. The average Bonchev–Trinajstić information content (AvgIpc) is 2.88. The van der Waals surface area contributed by atoms with Gasteiger partial charge in [-0.3, -0.25) is 0 Å². The highest BCUT2D eigenvalue weighted by atomic mass is 79.9. The lowest BCUT2D eigenvalue weighted by Gasteiger charge is -2.24. The van der Waals surface area contributed by atoms with Crippen LogP contribution in [0.2, 0.25) is 5.02 Å². The summed E-state index contributed by atoms with van der Waals surface area (Å²) in [5.41, 5.74) is 0. The van der Waals surface area contributed by atoms with Gasteiger partial charge in [-0.15, -0.1) is 0 Å². The van der Waals surface area contributed by atoms with Crippen LogP contribution in [0.15, 0.2) is 27.6 Å². The lowest BCUT2D eigenvalue weighted by Crippen LogP contribution is -2.35. The molecule has 112 valence electrons. The fourth-order valence-electron chi connectivity index (χ4n) is 2.51. The molecule has 7 heteroatoms. The van der Waals surface area contributed by atoms with E-state index in [9.17, 15) is 8.42 Å². The number of benzene rings is 1. The van der Waals surface area contributed by atoms with Crippen molar-refractivity contribution in [1.29, 1.82) is 0 Å². The van der Waals surface area contributed by atoms with Crippen molar-refractivity contribution in [3.8, 4) is 0 Å². The molecule has 1 saturated heterocycles. The van der Waals surface area contributed by atoms with Gasteiger partial charge in [-0.25, -0.2) is 8.42 Å². The van der Waals surface area contributed by atoms with Gasteiger partial charge in [0.1, 0.15) is 0 Å². The summed E-state index contributed by atoms with van der Waals surface area (Å²) in [7, 11) is -3.49. The van der Waals surface area contributed by atoms with E-state index in [0.717, 1.165) is 12.8 Å². The predicted molar refractivity (Wildman–Crippen MR) is 82.4 cm³/mol. The number of aliphatic hydroxyl groups is 1. The summed E-state index contributed by atoms with van der Waals surface area (Å²) in [5, 5.41) is 9.40. The molecule has 1 aliphatic rings. The monoisotopic (exact) mass is 381 g/mol. The highest BCUT2D eigenvalue weighted by molar-refractivity contribution is 9.10. The Morgan fingerprint density at radius 1 is 1.45 bits per heavy atom. The number of rotatable bonds is 5. The van der Waals surface area contributed by atoms with Gasteiger partial charge in [0.15, 0.2) is 0 Å². The van der Waals surface area contributed by atoms with E-state index in [1.165, 1.54) is 6.07 Å². The van der Waals surface area contributed by atoms with Crippen molar-refractivity contribution in [3.63, 3.8) is 0 Å². The minimum absolute atomic E-state index is 0.0124. The minimum atomic E-state index is -3.49. The van der Waals surface area contributed by atoms with Crippen LogP contribution in [0.1, 0.15) is 25.7 Å². The first-order valence-electron chi connectivity index (χ1n) is 6.54. The van der Waals surface area contributed by atoms with E-state index in [1.807, 2.05) is 0 Å². The average molecular weight is 383 g/mol. The number of hydrogen-bond acceptors (Lipinski definition) is 3. The van der Waals surface area contributed by atoms with Gasteiger partial charge in [-0.2, -0.15) is 4.31 Å². The van der Waals surface area contributed by atoms with Crippen LogP contribution in [0.25, 0.3) is 0 Å². The molecule has 1 unspecified atom stereocenters. The van der Waals surface area contributed by atoms with Gasteiger partial charge in [-0.05, 0) is 59.8 Å². The fourth-order valence-corrected chi connectivity index (χ4v) is 4.91. The molecule has 1 atom stereocenters. The van der Waals surface area contributed by atoms with Crippen LogP contribution < -0.4 is 0 Å². The van der Waals surface area contributed by atoms with Gasteiger partial charge < -0.3 is 5.11 Å². The van der Waals surface area contributed by atoms with E-state index >= 15 is 0 Å². The Kier molecular flexibility index (Phi) is 5.48. The molecule has 1 fully saturated rings. The van der Waals surface area contributed by atoms with Crippen molar-refractivity contribution >= 4 is 37.6 Å². The molecule has 1 heterocycles. The zero-order chi connectivity index (χ0) is 14.8. The Bertz CT molecular complexity index is 579. The summed E-state index contributed by atoms with van der Waals surface area (Å²) in [4.78, 5) is 0.254. The Morgan fingerprint density at radius 2 is 2.20 bits per heavy atom. The SMILES string of the molecule is O=S(=O)(c1ccc(Cl)c(Br)c1)N1CCCC1CCCO. The van der Waals surface area contributed by atoms with E-state index in [0.29, 0.717) is 28.9 Å². The summed E-state index contributed by atoms with van der Waals surface area (Å²) in [6.45, 7) is 0.634. The second-order valence-electron chi connectivity index (χ2n) is 4.85. The van der Waals surface area contributed by atoms with Crippen LogP contribution in [0.3, 0.4) is 0 Å². The molecule has 4 nitrogen and oxygen atoms in total. The highest BCUT2D eigenvalue weighted by Gasteiger charge is 2.34. The summed E-state index contributed by atoms with van der Waals surface area (Å²) in [6, 6.07) is 4.64. The lowest BCUT2D eigenvalue weighted by atomic mass is 10.1. The second-order valence-corrected chi connectivity index (χ2v) is 8.01. The van der Waals surface area contributed by atoms with Crippen molar-refractivity contribution in [1.82, 2.24) is 4.31 Å². The lowest BCUT2D eigenvalue weighted by molar-refractivity contribution is 0.264. The molecular weight excluding hydrogens is 366 g/mol. The van der Waals surface area contributed by atoms with Crippen LogP contribution in [-0.4, -0.2) is 37.0 Å². The van der Waals surface area contributed by atoms with Crippen LogP contribution in [-0.2, 0) is 10.0 Å². The van der Waals surface area contributed by atoms with Crippen molar-refractivity contribution in [2.45, 2.75) is 36.6 Å². The van der Waals surface area contributed by atoms with Crippen molar-refractivity contribution < 1.29 is 13.5 Å². The maximum atomic E-state index is 12.7. The zero-order valence-electron chi connectivity index (χ0n) is 10.9. The summed E-state index contributed by atoms with van der Waals surface area (Å²) in [6.07, 6.45) is 3.05. The molecule has 0 spiro atoms. The molecule has 2 rings (SSSR count). The third kappa shape index (κ3) is 3.36. The molecule has 0 radical (unpaired) electrons. The van der Waals surface area contributed by atoms with Gasteiger partial charge in [-0.1, -0.05) is 11.6 Å². The quantitative estimate of drug-likeness (QED) is 0.851. The van der Waals surface area contributed by atoms with Gasteiger partial charge in [0.05, 0.1) is 9.92 Å². The van der Waals surface area contributed by atoms with E-state index in [2.05, 4.69) is 15.9 Å². The van der Waals surface area contributed by atoms with Gasteiger partial charge in [0.25, 0.3) is 0 Å². The molecule has 0 aromatic heterocycles. The first kappa shape index (κ1) is 16.2. The van der Waals surface area contributed by atoms with Crippen LogP contribution >= 0.6 is 27.5 Å². The topological polar surface area (TPSA) is 57.6 Å². The van der Waals surface area contributed by atoms with Gasteiger partial charge in [0.2, 0.25) is 10.0 Å². The molecule has 0 aliphatic carbocycles. The molecule has 1 N–H and O–H groups in total. The maximum Gasteiger partial charge on any atom is 0.243 e. The van der Waals surface area contributed by atoms with Crippen LogP contribution in [0.5, 0.6) is 0 Å². The third-order valence-electron chi connectivity index (χ3n) is 3.52. The fraction of sp³-hybridized carbons (Fsp3) is 0.538. The Hall–Kier alpha value is -0.140. The van der Waals surface area contributed by atoms with Crippen molar-refractivity contribution in [2.24, 2.45) is 0 Å². The standard InChI is InChI=1S/C13H17BrClNO3S/c14-12-9-11(5-6-13(12)15)20(18,19)16-7-1-3-10(16)4-2-8-17/h5-6,9-10,17H,1-4,7-8H2. The first-order valence-corrected chi connectivity index (χ1v) is 9.15. The largest absolute Gasteiger partial charge is 0.396 e. The number of nitrogens with zero attached hydrogens (tertiary/aromatic N) is 1. The van der Waals surface area contributed by atoms with E-state index < -0.39 is 10.0 Å². The number of sulfonamides is 1. The van der Waals surface area contributed by atoms with E-state index in [1.54, 1.807) is 16.4 Å². The second kappa shape index (κ2) is 6.75. The Labute approximate surface area is 132 Å². The maximum absolute atomic E-state index is 12.7. The van der Waals surface area contributed by atoms with Crippen molar-refractivity contribution in [3.05, 3.63) is 27.7 Å². The minimum Gasteiger partial charge on any atom is -0.396 e. The molecule has 0 amide bonds. The molecule has 1 aromatic rings. The number of aliphatic hydroxyl groups excluding tert-OH is 1. The van der Waals surface area contributed by atoms with Crippen molar-refractivity contribution in [2.75, 3.05) is 13.2 Å². The van der Waals surface area contributed by atoms with Gasteiger partial charge >= 0.3 is 0 Å². The number of hydrogen-bond donors (Lipinski definition) is 1. The summed E-state index contributed by atoms with van der Waals surface area (Å²) < 4.78 is 27.5. The predicted octanol–water partition coefficient (Wildman–Crippen LogP) is 3.03. The van der Waals surface area contributed by atoms with Crippen LogP contribution in [0, 0.1) is 0 Å². The molecule has 0 bridgehead atoms. The van der Waals surface area contributed by atoms with E-state index in [4.69, 9.17) is 16.7 Å². The third-order valence-corrected chi connectivity index (χ3v) is 6.68. The smallest absolute Gasteiger partial charge is 0.243 e. The molecule has 20 heavy (non-hydrogen) atoms. The van der Waals surface area contributed by atoms with E-state index in [-0.39, 0.29) is 17.5 Å². The molecule has 1 aromatic carbocycles. The normalized spacial score (nSPS) is 20.4. The Morgan fingerprint density at radius 3 is 2.85 bits per heavy atom. The first-order chi connectivity index (χ1) is 9.46. The van der Waals surface area contributed by atoms with Gasteiger partial charge in [0, 0.05) is 23.7 Å². The number of halogens is 2. The summed E-state index contributed by atoms with van der Waals surface area (Å²) >= 11 is 9.16. The molecule has 0 saturated carbocycles. The molecular formula is C13H17BrClNO3S. The van der Waals surface area contributed by atoms with Crippen LogP contribution in [0.4, 0.5) is 0 Å².